The van der Waals surface area contributed by atoms with E-state index in [9.17, 15) is 0 Å². The molecule has 2 N–H and O–H groups in total. The molecule has 4 rings (SSSR count). The zero-order valence-corrected chi connectivity index (χ0v) is 21.0. The molecule has 31 heavy (non-hydrogen) atoms. The molecule has 0 aromatic heterocycles. The summed E-state index contributed by atoms with van der Waals surface area (Å²) in [5.41, 5.74) is 2.72. The fourth-order valence-corrected chi connectivity index (χ4v) is 4.74. The quantitative estimate of drug-likeness (QED) is 0.335. The number of hydrogen-bond acceptors (Lipinski definition) is 3. The molecule has 2 fully saturated rings. The SMILES string of the molecule is CN=C(NCC1CCN(c2ccccc2)C1)NC1CC(C)N(Cc2ccccc2)C1.I. The van der Waals surface area contributed by atoms with Gasteiger partial charge in [0.05, 0.1) is 0 Å². The normalized spacial score (nSPS) is 24.1. The summed E-state index contributed by atoms with van der Waals surface area (Å²) in [6.07, 6.45) is 2.38. The fraction of sp³-hybridized carbons (Fsp3) is 0.480. The molecule has 0 radical (unpaired) electrons. The van der Waals surface area contributed by atoms with E-state index in [1.54, 1.807) is 0 Å². The van der Waals surface area contributed by atoms with Crippen LogP contribution in [0.1, 0.15) is 25.3 Å². The molecule has 168 valence electrons. The maximum absolute atomic E-state index is 4.49. The molecule has 0 amide bonds. The Morgan fingerprint density at radius 2 is 1.74 bits per heavy atom. The lowest BCUT2D eigenvalue weighted by Gasteiger charge is -2.22. The molecule has 2 aromatic rings. The van der Waals surface area contributed by atoms with Crippen molar-refractivity contribution in [2.75, 3.05) is 38.1 Å². The Morgan fingerprint density at radius 1 is 1.03 bits per heavy atom. The van der Waals surface area contributed by atoms with Crippen LogP contribution in [-0.4, -0.2) is 56.2 Å². The Labute approximate surface area is 204 Å². The number of anilines is 1. The molecule has 6 heteroatoms. The molecule has 3 atom stereocenters. The Morgan fingerprint density at radius 3 is 2.45 bits per heavy atom. The first kappa shape index (κ1) is 23.9. The van der Waals surface area contributed by atoms with Crippen molar-refractivity contribution in [1.29, 1.82) is 0 Å². The topological polar surface area (TPSA) is 42.9 Å². The number of hydrogen-bond donors (Lipinski definition) is 2. The first-order valence-electron chi connectivity index (χ1n) is 11.3. The number of rotatable bonds is 6. The standard InChI is InChI=1S/C25H35N5.HI/c1-20-15-23(19-30(20)17-21-9-5-3-6-10-21)28-25(26-2)27-16-22-13-14-29(18-22)24-11-7-4-8-12-24;/h3-12,20,22-23H,13-19H2,1-2H3,(H2,26,27,28);1H. The number of aliphatic imine (C=N–C) groups is 1. The molecule has 2 aliphatic heterocycles. The third kappa shape index (κ3) is 6.59. The predicted octanol–water partition coefficient (Wildman–Crippen LogP) is 3.96. The molecule has 0 aliphatic carbocycles. The molecule has 0 spiro atoms. The number of guanidine groups is 1. The summed E-state index contributed by atoms with van der Waals surface area (Å²) in [6.45, 7) is 7.62. The van der Waals surface area contributed by atoms with Gasteiger partial charge in [-0.2, -0.15) is 0 Å². The van der Waals surface area contributed by atoms with Gasteiger partial charge in [0.1, 0.15) is 0 Å². The molecule has 2 saturated heterocycles. The second-order valence-electron chi connectivity index (χ2n) is 8.73. The average Bonchev–Trinajstić information content (AvgIpc) is 3.39. The lowest BCUT2D eigenvalue weighted by atomic mass is 10.1. The van der Waals surface area contributed by atoms with Crippen LogP contribution >= 0.6 is 24.0 Å². The van der Waals surface area contributed by atoms with E-state index in [-0.39, 0.29) is 24.0 Å². The van der Waals surface area contributed by atoms with Crippen molar-refractivity contribution in [2.45, 2.75) is 38.4 Å². The monoisotopic (exact) mass is 533 g/mol. The summed E-state index contributed by atoms with van der Waals surface area (Å²) in [7, 11) is 1.88. The van der Waals surface area contributed by atoms with E-state index >= 15 is 0 Å². The predicted molar refractivity (Wildman–Crippen MR) is 141 cm³/mol. The third-order valence-electron chi connectivity index (χ3n) is 6.46. The van der Waals surface area contributed by atoms with Crippen LogP contribution in [0, 0.1) is 5.92 Å². The van der Waals surface area contributed by atoms with Gasteiger partial charge in [-0.15, -0.1) is 24.0 Å². The molecule has 0 bridgehead atoms. The van der Waals surface area contributed by atoms with Crippen molar-refractivity contribution in [3.8, 4) is 0 Å². The maximum Gasteiger partial charge on any atom is 0.191 e. The van der Waals surface area contributed by atoms with Gasteiger partial charge in [0.25, 0.3) is 0 Å². The van der Waals surface area contributed by atoms with E-state index in [4.69, 9.17) is 0 Å². The number of nitrogens with one attached hydrogen (secondary N) is 2. The minimum absolute atomic E-state index is 0. The van der Waals surface area contributed by atoms with Gasteiger partial charge in [0.15, 0.2) is 5.96 Å². The van der Waals surface area contributed by atoms with Crippen molar-refractivity contribution in [3.63, 3.8) is 0 Å². The van der Waals surface area contributed by atoms with Gasteiger partial charge >= 0.3 is 0 Å². The largest absolute Gasteiger partial charge is 0.371 e. The second-order valence-corrected chi connectivity index (χ2v) is 8.73. The summed E-state index contributed by atoms with van der Waals surface area (Å²) in [4.78, 5) is 9.54. The van der Waals surface area contributed by atoms with E-state index in [0.29, 0.717) is 18.0 Å². The fourth-order valence-electron chi connectivity index (χ4n) is 4.74. The van der Waals surface area contributed by atoms with Crippen LogP contribution in [0.25, 0.3) is 0 Å². The van der Waals surface area contributed by atoms with Crippen LogP contribution in [0.3, 0.4) is 0 Å². The van der Waals surface area contributed by atoms with Crippen LogP contribution in [0.15, 0.2) is 65.7 Å². The van der Waals surface area contributed by atoms with E-state index in [0.717, 1.165) is 45.1 Å². The summed E-state index contributed by atoms with van der Waals surface area (Å²) in [6, 6.07) is 22.5. The number of benzene rings is 2. The molecular weight excluding hydrogens is 497 g/mol. The lowest BCUT2D eigenvalue weighted by molar-refractivity contribution is 0.258. The number of likely N-dealkylation sites (tertiary alicyclic amines) is 1. The van der Waals surface area contributed by atoms with Gasteiger partial charge in [0, 0.05) is 57.5 Å². The van der Waals surface area contributed by atoms with Crippen molar-refractivity contribution in [1.82, 2.24) is 15.5 Å². The van der Waals surface area contributed by atoms with Crippen molar-refractivity contribution < 1.29 is 0 Å². The lowest BCUT2D eigenvalue weighted by Crippen LogP contribution is -2.46. The van der Waals surface area contributed by atoms with Crippen LogP contribution in [0.2, 0.25) is 0 Å². The van der Waals surface area contributed by atoms with E-state index in [1.807, 2.05) is 7.05 Å². The van der Waals surface area contributed by atoms with Crippen molar-refractivity contribution in [3.05, 3.63) is 66.2 Å². The highest BCUT2D eigenvalue weighted by molar-refractivity contribution is 14.0. The molecular formula is C25H36IN5. The van der Waals surface area contributed by atoms with E-state index in [2.05, 4.69) is 93.0 Å². The highest BCUT2D eigenvalue weighted by Gasteiger charge is 2.30. The Bertz CT molecular complexity index is 813. The van der Waals surface area contributed by atoms with E-state index < -0.39 is 0 Å². The average molecular weight is 534 g/mol. The highest BCUT2D eigenvalue weighted by atomic mass is 127. The minimum Gasteiger partial charge on any atom is -0.371 e. The molecule has 5 nitrogen and oxygen atoms in total. The summed E-state index contributed by atoms with van der Waals surface area (Å²) < 4.78 is 0. The van der Waals surface area contributed by atoms with Crippen molar-refractivity contribution >= 4 is 35.6 Å². The first-order chi connectivity index (χ1) is 14.7. The number of nitrogens with zero attached hydrogens (tertiary/aromatic N) is 3. The summed E-state index contributed by atoms with van der Waals surface area (Å²) in [5.74, 6) is 1.59. The molecule has 2 aliphatic rings. The molecule has 0 saturated carbocycles. The van der Waals surface area contributed by atoms with Gasteiger partial charge in [-0.25, -0.2) is 0 Å². The van der Waals surface area contributed by atoms with E-state index in [1.165, 1.54) is 17.7 Å². The van der Waals surface area contributed by atoms with Gasteiger partial charge in [0.2, 0.25) is 0 Å². The van der Waals surface area contributed by atoms with Gasteiger partial charge in [-0.1, -0.05) is 48.5 Å². The molecule has 2 aromatic carbocycles. The van der Waals surface area contributed by atoms with Crippen molar-refractivity contribution in [2.24, 2.45) is 10.9 Å². The Hall–Kier alpha value is -1.80. The zero-order valence-electron chi connectivity index (χ0n) is 18.7. The Balaban J connectivity index is 0.00000272. The van der Waals surface area contributed by atoms with Gasteiger partial charge in [-0.05, 0) is 43.4 Å². The van der Waals surface area contributed by atoms with Crippen LogP contribution in [-0.2, 0) is 6.54 Å². The van der Waals surface area contributed by atoms with Gasteiger partial charge in [-0.3, -0.25) is 9.89 Å². The first-order valence-corrected chi connectivity index (χ1v) is 11.3. The minimum atomic E-state index is 0. The van der Waals surface area contributed by atoms with Gasteiger partial charge < -0.3 is 15.5 Å². The Kier molecular flexibility index (Phi) is 9.02. The summed E-state index contributed by atoms with van der Waals surface area (Å²) in [5, 5.41) is 7.25. The maximum atomic E-state index is 4.49. The second kappa shape index (κ2) is 11.7. The smallest absolute Gasteiger partial charge is 0.191 e. The van der Waals surface area contributed by atoms with Crippen LogP contribution in [0.5, 0.6) is 0 Å². The zero-order chi connectivity index (χ0) is 20.8. The number of halogens is 1. The number of para-hydroxylation sites is 1. The van der Waals surface area contributed by atoms with Crippen LogP contribution < -0.4 is 15.5 Å². The van der Waals surface area contributed by atoms with Crippen LogP contribution in [0.4, 0.5) is 5.69 Å². The molecule has 3 unspecified atom stereocenters. The molecule has 2 heterocycles. The highest BCUT2D eigenvalue weighted by Crippen LogP contribution is 2.23. The summed E-state index contributed by atoms with van der Waals surface area (Å²) >= 11 is 0. The third-order valence-corrected chi connectivity index (χ3v) is 6.46.